The van der Waals surface area contributed by atoms with E-state index >= 15 is 0 Å². The predicted octanol–water partition coefficient (Wildman–Crippen LogP) is 6.62. The van der Waals surface area contributed by atoms with Gasteiger partial charge in [0.1, 0.15) is 23.8 Å². The van der Waals surface area contributed by atoms with E-state index in [1.807, 2.05) is 12.3 Å². The summed E-state index contributed by atoms with van der Waals surface area (Å²) in [5, 5.41) is 14.9. The van der Waals surface area contributed by atoms with Crippen LogP contribution < -0.4 is 9.47 Å². The zero-order chi connectivity index (χ0) is 24.8. The molecule has 2 aromatic carbocycles. The van der Waals surface area contributed by atoms with Gasteiger partial charge in [-0.25, -0.2) is 14.5 Å². The summed E-state index contributed by atoms with van der Waals surface area (Å²) in [6.07, 6.45) is 5.44. The van der Waals surface area contributed by atoms with Gasteiger partial charge < -0.3 is 14.6 Å². The van der Waals surface area contributed by atoms with E-state index in [-0.39, 0.29) is 12.2 Å². The topological polar surface area (TPSA) is 86.5 Å². The standard InChI is InChI=1S/C27H21Cl2N3O4/c28-19-2-1-3-20(29)26(19)32-22(18(13-30-32)15-4-5-15)14-35-25-11-10-23-21(31-25)9-8-16-6-7-17(27(33)34)12-24(16)36-23/h1-3,6-7,10-13,15H,4-5,8-9,14H2,(H,33,34). The number of aromatic nitrogens is 3. The lowest BCUT2D eigenvalue weighted by Gasteiger charge is -2.14. The molecule has 3 heterocycles. The lowest BCUT2D eigenvalue weighted by atomic mass is 10.1. The van der Waals surface area contributed by atoms with Crippen molar-refractivity contribution in [2.75, 3.05) is 0 Å². The Morgan fingerprint density at radius 2 is 1.89 bits per heavy atom. The molecule has 6 rings (SSSR count). The second kappa shape index (κ2) is 9.15. The predicted molar refractivity (Wildman–Crippen MR) is 135 cm³/mol. The normalized spacial score (nSPS) is 14.4. The Labute approximate surface area is 217 Å². The third-order valence-corrected chi connectivity index (χ3v) is 7.11. The monoisotopic (exact) mass is 521 g/mol. The lowest BCUT2D eigenvalue weighted by Crippen LogP contribution is -2.09. The van der Waals surface area contributed by atoms with Crippen LogP contribution in [0.2, 0.25) is 10.0 Å². The van der Waals surface area contributed by atoms with Gasteiger partial charge >= 0.3 is 5.97 Å². The van der Waals surface area contributed by atoms with Gasteiger partial charge in [0.15, 0.2) is 0 Å². The molecule has 0 amide bonds. The summed E-state index contributed by atoms with van der Waals surface area (Å²) >= 11 is 12.9. The molecule has 1 N–H and O–H groups in total. The van der Waals surface area contributed by atoms with Gasteiger partial charge in [-0.2, -0.15) is 5.10 Å². The fourth-order valence-electron chi connectivity index (χ4n) is 4.47. The first-order valence-corrected chi connectivity index (χ1v) is 12.4. The molecule has 9 heteroatoms. The van der Waals surface area contributed by atoms with Gasteiger partial charge in [-0.05, 0) is 67.5 Å². The van der Waals surface area contributed by atoms with Crippen LogP contribution in [0.1, 0.15) is 51.6 Å². The summed E-state index contributed by atoms with van der Waals surface area (Å²) in [4.78, 5) is 16.0. The number of para-hydroxylation sites is 1. The highest BCUT2D eigenvalue weighted by Crippen LogP contribution is 2.43. The van der Waals surface area contributed by atoms with Gasteiger partial charge in [-0.3, -0.25) is 0 Å². The molecule has 1 aliphatic carbocycles. The van der Waals surface area contributed by atoms with Crippen molar-refractivity contribution in [3.05, 3.63) is 92.9 Å². The minimum absolute atomic E-state index is 0.187. The van der Waals surface area contributed by atoms with Gasteiger partial charge in [0, 0.05) is 11.6 Å². The van der Waals surface area contributed by atoms with Gasteiger partial charge in [-0.1, -0.05) is 35.3 Å². The highest BCUT2D eigenvalue weighted by atomic mass is 35.5. The van der Waals surface area contributed by atoms with Crippen molar-refractivity contribution in [3.63, 3.8) is 0 Å². The van der Waals surface area contributed by atoms with Gasteiger partial charge in [0.2, 0.25) is 5.88 Å². The fourth-order valence-corrected chi connectivity index (χ4v) is 5.03. The van der Waals surface area contributed by atoms with E-state index in [2.05, 4.69) is 5.10 Å². The van der Waals surface area contributed by atoms with Crippen molar-refractivity contribution < 1.29 is 19.4 Å². The van der Waals surface area contributed by atoms with Crippen LogP contribution in [-0.4, -0.2) is 25.8 Å². The zero-order valence-corrected chi connectivity index (χ0v) is 20.6. The van der Waals surface area contributed by atoms with Crippen molar-refractivity contribution in [2.45, 2.75) is 38.2 Å². The number of hydrogen-bond donors (Lipinski definition) is 1. The minimum Gasteiger partial charge on any atom is -0.478 e. The Hall–Kier alpha value is -3.55. The first-order chi connectivity index (χ1) is 17.5. The van der Waals surface area contributed by atoms with E-state index in [1.165, 1.54) is 0 Å². The Kier molecular flexibility index (Phi) is 5.82. The fraction of sp³-hybridized carbons (Fsp3) is 0.222. The number of aryl methyl sites for hydroxylation is 2. The number of carboxylic acids is 1. The first kappa shape index (κ1) is 22.9. The number of rotatable bonds is 6. The number of hydrogen-bond acceptors (Lipinski definition) is 5. The molecule has 2 aromatic heterocycles. The van der Waals surface area contributed by atoms with E-state index < -0.39 is 5.97 Å². The number of benzene rings is 2. The first-order valence-electron chi connectivity index (χ1n) is 11.7. The number of halogens is 2. The smallest absolute Gasteiger partial charge is 0.335 e. The molecule has 1 aliphatic heterocycles. The third kappa shape index (κ3) is 4.29. The van der Waals surface area contributed by atoms with E-state index in [0.717, 1.165) is 35.4 Å². The minimum atomic E-state index is -0.990. The van der Waals surface area contributed by atoms with Crippen molar-refractivity contribution in [1.29, 1.82) is 0 Å². The van der Waals surface area contributed by atoms with Crippen LogP contribution >= 0.6 is 23.2 Å². The molecule has 36 heavy (non-hydrogen) atoms. The highest BCUT2D eigenvalue weighted by Gasteiger charge is 2.30. The molecule has 0 saturated heterocycles. The van der Waals surface area contributed by atoms with Crippen molar-refractivity contribution in [1.82, 2.24) is 14.8 Å². The molecule has 0 unspecified atom stereocenters. The number of ether oxygens (including phenoxy) is 2. The van der Waals surface area contributed by atoms with Crippen LogP contribution in [-0.2, 0) is 19.4 Å². The van der Waals surface area contributed by atoms with Crippen LogP contribution in [0, 0.1) is 0 Å². The molecule has 0 atom stereocenters. The third-order valence-electron chi connectivity index (χ3n) is 6.50. The summed E-state index contributed by atoms with van der Waals surface area (Å²) in [7, 11) is 0. The molecule has 0 spiro atoms. The van der Waals surface area contributed by atoms with Crippen LogP contribution in [0.25, 0.3) is 5.69 Å². The van der Waals surface area contributed by atoms with Gasteiger partial charge in [0.25, 0.3) is 0 Å². The average molecular weight is 522 g/mol. The molecule has 4 aromatic rings. The zero-order valence-electron chi connectivity index (χ0n) is 19.1. The number of pyridine rings is 1. The van der Waals surface area contributed by atoms with Crippen LogP contribution in [0.3, 0.4) is 0 Å². The Morgan fingerprint density at radius 3 is 2.64 bits per heavy atom. The second-order valence-electron chi connectivity index (χ2n) is 8.92. The van der Waals surface area contributed by atoms with Crippen LogP contribution in [0.5, 0.6) is 17.4 Å². The van der Waals surface area contributed by atoms with E-state index in [4.69, 9.17) is 37.7 Å². The summed E-state index contributed by atoms with van der Waals surface area (Å²) in [6, 6.07) is 13.9. The number of carbonyl (C=O) groups is 1. The molecule has 7 nitrogen and oxygen atoms in total. The highest BCUT2D eigenvalue weighted by molar-refractivity contribution is 6.37. The van der Waals surface area contributed by atoms with Crippen molar-refractivity contribution >= 4 is 29.2 Å². The van der Waals surface area contributed by atoms with E-state index in [1.54, 1.807) is 47.1 Å². The lowest BCUT2D eigenvalue weighted by molar-refractivity contribution is 0.0696. The maximum absolute atomic E-state index is 11.3. The molecule has 0 radical (unpaired) electrons. The SMILES string of the molecule is O=C(O)c1ccc2c(c1)Oc1ccc(OCc3c(C4CC4)cnn3-c3c(Cl)cccc3Cl)nc1CC2. The maximum atomic E-state index is 11.3. The molecule has 0 bridgehead atoms. The summed E-state index contributed by atoms with van der Waals surface area (Å²) < 4.78 is 14.0. The molecule has 1 saturated carbocycles. The molecular weight excluding hydrogens is 501 g/mol. The average Bonchev–Trinajstić information content (AvgIpc) is 3.65. The van der Waals surface area contributed by atoms with Crippen molar-refractivity contribution in [2.24, 2.45) is 0 Å². The quantitative estimate of drug-likeness (QED) is 0.306. The second-order valence-corrected chi connectivity index (χ2v) is 9.73. The molecule has 1 fully saturated rings. The van der Waals surface area contributed by atoms with E-state index in [9.17, 15) is 9.90 Å². The number of fused-ring (bicyclic) bond motifs is 2. The van der Waals surface area contributed by atoms with Crippen LogP contribution in [0.15, 0.2) is 54.7 Å². The maximum Gasteiger partial charge on any atom is 0.335 e. The van der Waals surface area contributed by atoms with Crippen LogP contribution in [0.4, 0.5) is 0 Å². The van der Waals surface area contributed by atoms with Crippen molar-refractivity contribution in [3.8, 4) is 23.1 Å². The largest absolute Gasteiger partial charge is 0.478 e. The molecule has 2 aliphatic rings. The summed E-state index contributed by atoms with van der Waals surface area (Å²) in [6.45, 7) is 0.252. The molecule has 182 valence electrons. The number of aromatic carboxylic acids is 1. The Morgan fingerprint density at radius 1 is 1.08 bits per heavy atom. The molecular formula is C27H21Cl2N3O4. The van der Waals surface area contributed by atoms with Gasteiger partial charge in [-0.15, -0.1) is 0 Å². The van der Waals surface area contributed by atoms with E-state index in [0.29, 0.717) is 51.9 Å². The Bertz CT molecular complexity index is 1480. The Balaban J connectivity index is 1.27. The summed E-state index contributed by atoms with van der Waals surface area (Å²) in [5.41, 5.74) is 4.54. The number of carboxylic acid groups (broad SMARTS) is 1. The summed E-state index contributed by atoms with van der Waals surface area (Å²) in [5.74, 6) is 1.07. The van der Waals surface area contributed by atoms with Gasteiger partial charge in [0.05, 0.1) is 33.2 Å². The number of nitrogens with zero attached hydrogens (tertiary/aromatic N) is 3.